The lowest BCUT2D eigenvalue weighted by Crippen LogP contribution is -1.99. The Kier molecular flexibility index (Phi) is 4.98. The molecule has 2 aromatic carbocycles. The summed E-state index contributed by atoms with van der Waals surface area (Å²) >= 11 is 0. The summed E-state index contributed by atoms with van der Waals surface area (Å²) in [6.45, 7) is 4.26. The standard InChI is InChI=1S/C30H28N2O/c1-19-6-5-7-20(2)30(19)27-17-29-25(18-32-27)24-16-23(10-11-28(24)33-29)26-15-22(12-13-31-26)14-21-8-3-4-9-21/h5-7,10-13,15-18,21H,3-4,8-9,14H2,1-2H3. The Morgan fingerprint density at radius 3 is 2.45 bits per heavy atom. The van der Waals surface area contributed by atoms with Crippen molar-refractivity contribution < 1.29 is 4.42 Å². The second-order valence-electron chi connectivity index (χ2n) is 9.55. The van der Waals surface area contributed by atoms with Gasteiger partial charge in [-0.25, -0.2) is 0 Å². The van der Waals surface area contributed by atoms with Crippen molar-refractivity contribution in [1.29, 1.82) is 0 Å². The summed E-state index contributed by atoms with van der Waals surface area (Å²) in [5.41, 5.74) is 9.90. The molecule has 3 heteroatoms. The Morgan fingerprint density at radius 2 is 1.64 bits per heavy atom. The van der Waals surface area contributed by atoms with E-state index in [2.05, 4.69) is 73.4 Å². The van der Waals surface area contributed by atoms with Gasteiger partial charge >= 0.3 is 0 Å². The molecule has 0 amide bonds. The minimum Gasteiger partial charge on any atom is -0.456 e. The number of rotatable bonds is 4. The highest BCUT2D eigenvalue weighted by Gasteiger charge is 2.16. The van der Waals surface area contributed by atoms with Gasteiger partial charge in [0.2, 0.25) is 0 Å². The molecule has 0 unspecified atom stereocenters. The third-order valence-corrected chi connectivity index (χ3v) is 7.21. The van der Waals surface area contributed by atoms with Crippen LogP contribution in [0.2, 0.25) is 0 Å². The zero-order valence-corrected chi connectivity index (χ0v) is 19.3. The number of pyridine rings is 2. The number of furan rings is 1. The van der Waals surface area contributed by atoms with Crippen molar-refractivity contribution in [3.05, 3.63) is 83.7 Å². The lowest BCUT2D eigenvalue weighted by atomic mass is 9.97. The number of aromatic nitrogens is 2. The Hall–Kier alpha value is -3.46. The van der Waals surface area contributed by atoms with Crippen molar-refractivity contribution in [2.45, 2.75) is 46.0 Å². The molecule has 1 fully saturated rings. The van der Waals surface area contributed by atoms with Crippen LogP contribution in [0.3, 0.4) is 0 Å². The summed E-state index contributed by atoms with van der Waals surface area (Å²) in [5, 5.41) is 2.13. The molecule has 0 N–H and O–H groups in total. The molecular weight excluding hydrogens is 404 g/mol. The molecular formula is C30H28N2O. The number of benzene rings is 2. The molecule has 164 valence electrons. The molecule has 1 saturated carbocycles. The smallest absolute Gasteiger partial charge is 0.139 e. The summed E-state index contributed by atoms with van der Waals surface area (Å²) < 4.78 is 6.24. The first-order valence-corrected chi connectivity index (χ1v) is 12.0. The fourth-order valence-electron chi connectivity index (χ4n) is 5.49. The van der Waals surface area contributed by atoms with Gasteiger partial charge in [-0.15, -0.1) is 0 Å². The topological polar surface area (TPSA) is 38.9 Å². The Labute approximate surface area is 194 Å². The van der Waals surface area contributed by atoms with Gasteiger partial charge in [-0.3, -0.25) is 9.97 Å². The number of hydrogen-bond donors (Lipinski definition) is 0. The van der Waals surface area contributed by atoms with E-state index in [0.717, 1.165) is 51.2 Å². The summed E-state index contributed by atoms with van der Waals surface area (Å²) in [6, 6.07) is 19.2. The van der Waals surface area contributed by atoms with Gasteiger partial charge in [0.25, 0.3) is 0 Å². The van der Waals surface area contributed by atoms with Crippen LogP contribution >= 0.6 is 0 Å². The Balaban J connectivity index is 1.39. The third kappa shape index (κ3) is 3.72. The first-order chi connectivity index (χ1) is 16.2. The van der Waals surface area contributed by atoms with Crippen molar-refractivity contribution >= 4 is 21.9 Å². The quantitative estimate of drug-likeness (QED) is 0.288. The SMILES string of the molecule is Cc1cccc(C)c1-c1cc2oc3ccc(-c4cc(CC5CCCC5)ccn4)cc3c2cn1. The van der Waals surface area contributed by atoms with Crippen molar-refractivity contribution in [2.24, 2.45) is 5.92 Å². The molecule has 0 radical (unpaired) electrons. The third-order valence-electron chi connectivity index (χ3n) is 7.21. The second kappa shape index (κ2) is 8.15. The fourth-order valence-corrected chi connectivity index (χ4v) is 5.49. The van der Waals surface area contributed by atoms with Crippen molar-refractivity contribution in [1.82, 2.24) is 9.97 Å². The molecule has 3 heterocycles. The average molecular weight is 433 g/mol. The monoisotopic (exact) mass is 432 g/mol. The molecule has 1 aliphatic rings. The molecule has 0 atom stereocenters. The van der Waals surface area contributed by atoms with Crippen LogP contribution in [-0.2, 0) is 6.42 Å². The lowest BCUT2D eigenvalue weighted by molar-refractivity contribution is 0.546. The first kappa shape index (κ1) is 20.2. The van der Waals surface area contributed by atoms with E-state index in [4.69, 9.17) is 9.40 Å². The van der Waals surface area contributed by atoms with Crippen LogP contribution in [0.1, 0.15) is 42.4 Å². The van der Waals surface area contributed by atoms with Gasteiger partial charge in [-0.05, 0) is 73.2 Å². The Bertz CT molecular complexity index is 1450. The number of hydrogen-bond acceptors (Lipinski definition) is 3. The predicted molar refractivity (Wildman–Crippen MR) is 135 cm³/mol. The van der Waals surface area contributed by atoms with Crippen LogP contribution in [0, 0.1) is 19.8 Å². The van der Waals surface area contributed by atoms with Crippen LogP contribution < -0.4 is 0 Å². The molecule has 33 heavy (non-hydrogen) atoms. The molecule has 3 nitrogen and oxygen atoms in total. The second-order valence-corrected chi connectivity index (χ2v) is 9.55. The van der Waals surface area contributed by atoms with Crippen LogP contribution in [0.5, 0.6) is 0 Å². The van der Waals surface area contributed by atoms with Crippen molar-refractivity contribution in [2.75, 3.05) is 0 Å². The van der Waals surface area contributed by atoms with E-state index in [1.165, 1.54) is 47.9 Å². The highest BCUT2D eigenvalue weighted by Crippen LogP contribution is 2.35. The maximum Gasteiger partial charge on any atom is 0.139 e. The average Bonchev–Trinajstić information content (AvgIpc) is 3.46. The van der Waals surface area contributed by atoms with E-state index in [1.54, 1.807) is 0 Å². The van der Waals surface area contributed by atoms with Crippen molar-refractivity contribution in [3.8, 4) is 22.5 Å². The highest BCUT2D eigenvalue weighted by atomic mass is 16.3. The summed E-state index contributed by atoms with van der Waals surface area (Å²) in [4.78, 5) is 9.50. The number of nitrogens with zero attached hydrogens (tertiary/aromatic N) is 2. The van der Waals surface area contributed by atoms with Gasteiger partial charge in [-0.1, -0.05) is 43.9 Å². The molecule has 1 aliphatic carbocycles. The molecule has 0 bridgehead atoms. The zero-order chi connectivity index (χ0) is 22.4. The lowest BCUT2D eigenvalue weighted by Gasteiger charge is -2.10. The van der Waals surface area contributed by atoms with E-state index in [9.17, 15) is 0 Å². The van der Waals surface area contributed by atoms with Gasteiger partial charge in [0, 0.05) is 40.4 Å². The van der Waals surface area contributed by atoms with E-state index in [1.807, 2.05) is 12.4 Å². The van der Waals surface area contributed by atoms with Gasteiger partial charge in [0.15, 0.2) is 0 Å². The first-order valence-electron chi connectivity index (χ1n) is 12.0. The van der Waals surface area contributed by atoms with Crippen LogP contribution in [0.25, 0.3) is 44.5 Å². The molecule has 6 rings (SSSR count). The molecule has 3 aromatic heterocycles. The summed E-state index contributed by atoms with van der Waals surface area (Å²) in [5.74, 6) is 0.831. The summed E-state index contributed by atoms with van der Waals surface area (Å²) in [6.07, 6.45) is 10.6. The maximum atomic E-state index is 6.24. The van der Waals surface area contributed by atoms with E-state index in [-0.39, 0.29) is 0 Å². The van der Waals surface area contributed by atoms with Gasteiger partial charge in [-0.2, -0.15) is 0 Å². The van der Waals surface area contributed by atoms with Gasteiger partial charge in [0.05, 0.1) is 11.4 Å². The van der Waals surface area contributed by atoms with Crippen LogP contribution in [0.4, 0.5) is 0 Å². The largest absolute Gasteiger partial charge is 0.456 e. The predicted octanol–water partition coefficient (Wildman–Crippen LogP) is 8.06. The zero-order valence-electron chi connectivity index (χ0n) is 19.3. The van der Waals surface area contributed by atoms with Gasteiger partial charge in [0.1, 0.15) is 11.2 Å². The molecule has 0 spiro atoms. The number of fused-ring (bicyclic) bond motifs is 3. The summed E-state index contributed by atoms with van der Waals surface area (Å²) in [7, 11) is 0. The van der Waals surface area contributed by atoms with E-state index >= 15 is 0 Å². The van der Waals surface area contributed by atoms with E-state index in [0.29, 0.717) is 0 Å². The Morgan fingerprint density at radius 1 is 0.818 bits per heavy atom. The van der Waals surface area contributed by atoms with Crippen LogP contribution in [0.15, 0.2) is 71.4 Å². The number of aryl methyl sites for hydroxylation is 2. The minimum atomic E-state index is 0.831. The van der Waals surface area contributed by atoms with E-state index < -0.39 is 0 Å². The van der Waals surface area contributed by atoms with Crippen LogP contribution in [-0.4, -0.2) is 9.97 Å². The highest BCUT2D eigenvalue weighted by molar-refractivity contribution is 6.06. The van der Waals surface area contributed by atoms with Crippen molar-refractivity contribution in [3.63, 3.8) is 0 Å². The molecule has 0 aliphatic heterocycles. The normalized spacial score (nSPS) is 14.5. The molecule has 5 aromatic rings. The minimum absolute atomic E-state index is 0.831. The maximum absolute atomic E-state index is 6.24. The fraction of sp³-hybridized carbons (Fsp3) is 0.267. The van der Waals surface area contributed by atoms with Gasteiger partial charge < -0.3 is 4.42 Å². The molecule has 0 saturated heterocycles.